The number of unbranched alkanes of at least 4 members (excludes halogenated alkanes) is 2. The van der Waals surface area contributed by atoms with E-state index in [2.05, 4.69) is 18.3 Å². The maximum Gasteiger partial charge on any atom is 0.165 e. The number of ether oxygens (including phenoxy) is 2. The van der Waals surface area contributed by atoms with E-state index < -0.39 is 0 Å². The molecule has 0 bridgehead atoms. The van der Waals surface area contributed by atoms with E-state index in [0.717, 1.165) is 36.6 Å². The molecule has 0 aliphatic rings. The molecule has 0 atom stereocenters. The fraction of sp³-hybridized carbons (Fsp3) is 0.600. The van der Waals surface area contributed by atoms with Crippen molar-refractivity contribution in [3.05, 3.63) is 23.8 Å². The van der Waals surface area contributed by atoms with Crippen LogP contribution in [0.4, 0.5) is 0 Å². The van der Waals surface area contributed by atoms with Crippen molar-refractivity contribution in [1.29, 1.82) is 0 Å². The van der Waals surface area contributed by atoms with E-state index in [1.54, 1.807) is 0 Å². The zero-order valence-corrected chi connectivity index (χ0v) is 11.8. The van der Waals surface area contributed by atoms with Crippen molar-refractivity contribution < 1.29 is 9.47 Å². The van der Waals surface area contributed by atoms with Crippen LogP contribution in [-0.2, 0) is 6.54 Å². The van der Waals surface area contributed by atoms with Crippen LogP contribution >= 0.6 is 0 Å². The predicted molar refractivity (Wildman–Crippen MR) is 75.4 cm³/mol. The molecule has 0 saturated carbocycles. The lowest BCUT2D eigenvalue weighted by Crippen LogP contribution is -2.09. The minimum absolute atomic E-state index is 0.661. The third-order valence-corrected chi connectivity index (χ3v) is 2.72. The Morgan fingerprint density at radius 3 is 2.61 bits per heavy atom. The molecular formula is C15H25NO2. The van der Waals surface area contributed by atoms with E-state index in [4.69, 9.17) is 9.47 Å². The van der Waals surface area contributed by atoms with Gasteiger partial charge in [0.25, 0.3) is 0 Å². The average Bonchev–Trinajstić information content (AvgIpc) is 2.38. The maximum atomic E-state index is 5.91. The highest BCUT2D eigenvalue weighted by molar-refractivity contribution is 5.46. The Morgan fingerprint density at radius 2 is 1.94 bits per heavy atom. The Balaban J connectivity index is 2.74. The Bertz CT molecular complexity index is 315. The third kappa shape index (κ3) is 4.57. The second-order valence-corrected chi connectivity index (χ2v) is 4.26. The molecule has 1 N–H and O–H groups in total. The van der Waals surface area contributed by atoms with Crippen LogP contribution in [0.25, 0.3) is 0 Å². The molecular weight excluding hydrogens is 226 g/mol. The molecule has 3 nitrogen and oxygen atoms in total. The van der Waals surface area contributed by atoms with Crippen LogP contribution in [0.3, 0.4) is 0 Å². The summed E-state index contributed by atoms with van der Waals surface area (Å²) in [6, 6.07) is 6.06. The first-order chi connectivity index (χ1) is 8.83. The highest BCUT2D eigenvalue weighted by atomic mass is 16.5. The summed E-state index contributed by atoms with van der Waals surface area (Å²) in [7, 11) is 1.94. The summed E-state index contributed by atoms with van der Waals surface area (Å²) >= 11 is 0. The Labute approximate surface area is 110 Å². The van der Waals surface area contributed by atoms with E-state index in [1.807, 2.05) is 26.1 Å². The van der Waals surface area contributed by atoms with Gasteiger partial charge in [-0.05, 0) is 26.5 Å². The largest absolute Gasteiger partial charge is 0.490 e. The fourth-order valence-electron chi connectivity index (χ4n) is 1.85. The topological polar surface area (TPSA) is 30.5 Å². The fourth-order valence-corrected chi connectivity index (χ4v) is 1.85. The minimum Gasteiger partial charge on any atom is -0.490 e. The summed E-state index contributed by atoms with van der Waals surface area (Å²) in [6.45, 7) is 6.40. The molecule has 0 spiro atoms. The molecule has 3 heteroatoms. The number of hydrogen-bond acceptors (Lipinski definition) is 3. The Kier molecular flexibility index (Phi) is 7.26. The number of hydrogen-bond donors (Lipinski definition) is 1. The summed E-state index contributed by atoms with van der Waals surface area (Å²) < 4.78 is 11.5. The van der Waals surface area contributed by atoms with Crippen molar-refractivity contribution in [1.82, 2.24) is 5.32 Å². The van der Waals surface area contributed by atoms with Gasteiger partial charge in [0.2, 0.25) is 0 Å². The molecule has 0 saturated heterocycles. The summed E-state index contributed by atoms with van der Waals surface area (Å²) in [6.07, 6.45) is 3.51. The first-order valence-corrected chi connectivity index (χ1v) is 6.85. The van der Waals surface area contributed by atoms with Gasteiger partial charge in [-0.15, -0.1) is 0 Å². The van der Waals surface area contributed by atoms with Crippen LogP contribution in [0.1, 0.15) is 38.7 Å². The lowest BCUT2D eigenvalue weighted by molar-refractivity contribution is 0.268. The van der Waals surface area contributed by atoms with Crippen LogP contribution in [0.15, 0.2) is 18.2 Å². The molecule has 102 valence electrons. The van der Waals surface area contributed by atoms with Gasteiger partial charge in [0.1, 0.15) is 0 Å². The highest BCUT2D eigenvalue weighted by Gasteiger charge is 2.10. The molecule has 0 radical (unpaired) electrons. The smallest absolute Gasteiger partial charge is 0.165 e. The summed E-state index contributed by atoms with van der Waals surface area (Å²) in [5.41, 5.74) is 1.15. The summed E-state index contributed by atoms with van der Waals surface area (Å²) in [5.74, 6) is 1.74. The van der Waals surface area contributed by atoms with Crippen LogP contribution in [0, 0.1) is 0 Å². The first kappa shape index (κ1) is 14.8. The first-order valence-electron chi connectivity index (χ1n) is 6.85. The standard InChI is InChI=1S/C15H25NO2/c1-4-6-7-11-18-15-13(12-16-3)9-8-10-14(15)17-5-2/h8-10,16H,4-7,11-12H2,1-3H3. The van der Waals surface area contributed by atoms with E-state index in [1.165, 1.54) is 12.8 Å². The van der Waals surface area contributed by atoms with E-state index in [0.29, 0.717) is 6.61 Å². The second kappa shape index (κ2) is 8.81. The predicted octanol–water partition coefficient (Wildman–Crippen LogP) is 3.37. The second-order valence-electron chi connectivity index (χ2n) is 4.26. The SMILES string of the molecule is CCCCCOc1c(CNC)cccc1OCC. The van der Waals surface area contributed by atoms with Crippen molar-refractivity contribution in [2.45, 2.75) is 39.7 Å². The number of rotatable bonds is 9. The monoisotopic (exact) mass is 251 g/mol. The summed E-state index contributed by atoms with van der Waals surface area (Å²) in [5, 5.41) is 3.16. The van der Waals surface area contributed by atoms with Gasteiger partial charge in [-0.3, -0.25) is 0 Å². The molecule has 1 aromatic rings. The van der Waals surface area contributed by atoms with Gasteiger partial charge in [0, 0.05) is 12.1 Å². The Hall–Kier alpha value is -1.22. The highest BCUT2D eigenvalue weighted by Crippen LogP contribution is 2.31. The zero-order chi connectivity index (χ0) is 13.2. The molecule has 1 rings (SSSR count). The lowest BCUT2D eigenvalue weighted by atomic mass is 10.2. The van der Waals surface area contributed by atoms with Gasteiger partial charge < -0.3 is 14.8 Å². The van der Waals surface area contributed by atoms with Gasteiger partial charge >= 0.3 is 0 Å². The third-order valence-electron chi connectivity index (χ3n) is 2.72. The van der Waals surface area contributed by atoms with Crippen molar-refractivity contribution in [2.75, 3.05) is 20.3 Å². The van der Waals surface area contributed by atoms with Gasteiger partial charge in [0.15, 0.2) is 11.5 Å². The quantitative estimate of drug-likeness (QED) is 0.683. The van der Waals surface area contributed by atoms with Gasteiger partial charge in [-0.2, -0.15) is 0 Å². The molecule has 0 aliphatic heterocycles. The van der Waals surface area contributed by atoms with Crippen LogP contribution in [0.5, 0.6) is 11.5 Å². The van der Waals surface area contributed by atoms with Crippen molar-refractivity contribution in [3.63, 3.8) is 0 Å². The van der Waals surface area contributed by atoms with E-state index in [9.17, 15) is 0 Å². The van der Waals surface area contributed by atoms with Crippen molar-refractivity contribution >= 4 is 0 Å². The molecule has 0 amide bonds. The van der Waals surface area contributed by atoms with E-state index in [-0.39, 0.29) is 0 Å². The molecule has 18 heavy (non-hydrogen) atoms. The molecule has 0 heterocycles. The molecule has 0 aromatic heterocycles. The molecule has 0 unspecified atom stereocenters. The summed E-state index contributed by atoms with van der Waals surface area (Å²) in [4.78, 5) is 0. The minimum atomic E-state index is 0.661. The molecule has 0 aliphatic carbocycles. The normalized spacial score (nSPS) is 10.4. The zero-order valence-electron chi connectivity index (χ0n) is 11.8. The molecule has 0 fully saturated rings. The lowest BCUT2D eigenvalue weighted by Gasteiger charge is -2.15. The van der Waals surface area contributed by atoms with Crippen LogP contribution in [0.2, 0.25) is 0 Å². The van der Waals surface area contributed by atoms with Gasteiger partial charge in [-0.1, -0.05) is 31.9 Å². The van der Waals surface area contributed by atoms with Crippen LogP contribution < -0.4 is 14.8 Å². The number of para-hydroxylation sites is 1. The van der Waals surface area contributed by atoms with Gasteiger partial charge in [0.05, 0.1) is 13.2 Å². The van der Waals surface area contributed by atoms with Gasteiger partial charge in [-0.25, -0.2) is 0 Å². The maximum absolute atomic E-state index is 5.91. The van der Waals surface area contributed by atoms with Crippen molar-refractivity contribution in [3.8, 4) is 11.5 Å². The Morgan fingerprint density at radius 1 is 1.11 bits per heavy atom. The van der Waals surface area contributed by atoms with Crippen molar-refractivity contribution in [2.24, 2.45) is 0 Å². The number of nitrogens with one attached hydrogen (secondary N) is 1. The van der Waals surface area contributed by atoms with Crippen LogP contribution in [-0.4, -0.2) is 20.3 Å². The number of benzene rings is 1. The average molecular weight is 251 g/mol. The van der Waals surface area contributed by atoms with E-state index >= 15 is 0 Å². The molecule has 1 aromatic carbocycles.